The van der Waals surface area contributed by atoms with Crippen LogP contribution in [0.2, 0.25) is 5.02 Å². The van der Waals surface area contributed by atoms with Gasteiger partial charge >= 0.3 is 0 Å². The topological polar surface area (TPSA) is 75.3 Å². The second-order valence-corrected chi connectivity index (χ2v) is 9.98. The Bertz CT molecular complexity index is 985. The average Bonchev–Trinajstić information content (AvgIpc) is 2.90. The van der Waals surface area contributed by atoms with Crippen molar-refractivity contribution in [1.82, 2.24) is 0 Å². The van der Waals surface area contributed by atoms with E-state index >= 15 is 0 Å². The third kappa shape index (κ3) is 4.31. The van der Waals surface area contributed by atoms with Gasteiger partial charge in [-0.3, -0.25) is 4.79 Å². The Hall–Kier alpha value is -1.74. The van der Waals surface area contributed by atoms with Crippen LogP contribution in [-0.2, 0) is 0 Å². The summed E-state index contributed by atoms with van der Waals surface area (Å²) in [5.41, 5.74) is 5.12. The van der Waals surface area contributed by atoms with E-state index in [4.69, 9.17) is 17.3 Å². The Balaban J connectivity index is 1.48. The number of nitrogens with one attached hydrogen (secondary N) is 1. The predicted molar refractivity (Wildman–Crippen MR) is 115 cm³/mol. The van der Waals surface area contributed by atoms with Crippen molar-refractivity contribution >= 4 is 35.0 Å². The lowest BCUT2D eigenvalue weighted by atomic mass is 9.74. The third-order valence-corrected chi connectivity index (χ3v) is 8.18. The second-order valence-electron chi connectivity index (χ2n) is 8.23. The molecule has 31 heavy (non-hydrogen) atoms. The highest BCUT2D eigenvalue weighted by Crippen LogP contribution is 2.53. The largest absolute Gasteiger partial charge is 0.388 e. The van der Waals surface area contributed by atoms with Gasteiger partial charge in [-0.25, -0.2) is 13.2 Å². The molecular weight excluding hydrogens is 449 g/mol. The van der Waals surface area contributed by atoms with E-state index in [1.54, 1.807) is 23.9 Å². The number of hydrogen-bond donors (Lipinski definition) is 3. The van der Waals surface area contributed by atoms with Crippen molar-refractivity contribution in [2.75, 3.05) is 11.9 Å². The van der Waals surface area contributed by atoms with E-state index in [0.29, 0.717) is 9.92 Å². The zero-order chi connectivity index (χ0) is 22.3. The summed E-state index contributed by atoms with van der Waals surface area (Å²) in [6.07, 6.45) is 3.54. The number of carbonyl (C=O) groups excluding carboxylic acids is 1. The Kier molecular flexibility index (Phi) is 6.27. The molecule has 4 nitrogen and oxygen atoms in total. The first kappa shape index (κ1) is 22.5. The van der Waals surface area contributed by atoms with Crippen molar-refractivity contribution in [1.29, 1.82) is 0 Å². The van der Waals surface area contributed by atoms with E-state index in [9.17, 15) is 23.1 Å². The quantitative estimate of drug-likeness (QED) is 0.539. The minimum Gasteiger partial charge on any atom is -0.388 e. The molecule has 2 aromatic carbocycles. The number of fused-ring (bicyclic) bond motifs is 2. The van der Waals surface area contributed by atoms with Crippen LogP contribution >= 0.6 is 23.4 Å². The van der Waals surface area contributed by atoms with Crippen LogP contribution in [0.5, 0.6) is 0 Å². The van der Waals surface area contributed by atoms with Crippen LogP contribution in [0.4, 0.5) is 18.9 Å². The summed E-state index contributed by atoms with van der Waals surface area (Å²) < 4.78 is 39.9. The Labute approximate surface area is 187 Å². The number of hydrogen-bond acceptors (Lipinski definition) is 4. The number of rotatable bonds is 5. The fraction of sp³-hybridized carbons (Fsp3) is 0.409. The van der Waals surface area contributed by atoms with Gasteiger partial charge < -0.3 is 16.2 Å². The van der Waals surface area contributed by atoms with E-state index in [-0.39, 0.29) is 34.9 Å². The average molecular weight is 471 g/mol. The molecule has 0 spiro atoms. The maximum atomic E-state index is 13.4. The van der Waals surface area contributed by atoms with E-state index in [1.165, 1.54) is 6.07 Å². The highest BCUT2D eigenvalue weighted by atomic mass is 35.5. The lowest BCUT2D eigenvalue weighted by Gasteiger charge is -2.42. The summed E-state index contributed by atoms with van der Waals surface area (Å²) in [7, 11) is 0. The molecule has 166 valence electrons. The number of nitrogens with two attached hydrogens (primary N) is 1. The smallest absolute Gasteiger partial charge is 0.255 e. The number of halogens is 4. The van der Waals surface area contributed by atoms with E-state index in [2.05, 4.69) is 5.32 Å². The van der Waals surface area contributed by atoms with Gasteiger partial charge in [-0.05, 0) is 55.7 Å². The van der Waals surface area contributed by atoms with Gasteiger partial charge in [-0.2, -0.15) is 0 Å². The second kappa shape index (κ2) is 8.65. The molecule has 2 saturated carbocycles. The SMILES string of the molecule is NCC1(O)C2CC[C@H]1CC(Sc1cc(C(=O)Nc3cc(F)c(F)c(F)c3)ccc1Cl)C2. The summed E-state index contributed by atoms with van der Waals surface area (Å²) in [5, 5.41) is 13.9. The number of amides is 1. The molecule has 2 bridgehead atoms. The van der Waals surface area contributed by atoms with Crippen LogP contribution in [0, 0.1) is 29.3 Å². The Morgan fingerprint density at radius 1 is 1.16 bits per heavy atom. The van der Waals surface area contributed by atoms with Crippen molar-refractivity contribution in [3.8, 4) is 0 Å². The fourth-order valence-corrected chi connectivity index (χ4v) is 6.43. The maximum Gasteiger partial charge on any atom is 0.255 e. The number of aliphatic hydroxyl groups is 1. The molecule has 0 aliphatic heterocycles. The van der Waals surface area contributed by atoms with Gasteiger partial charge in [0.2, 0.25) is 0 Å². The number of carbonyl (C=O) groups is 1. The number of thioether (sulfide) groups is 1. The van der Waals surface area contributed by atoms with Crippen LogP contribution in [0.15, 0.2) is 35.2 Å². The van der Waals surface area contributed by atoms with Crippen molar-refractivity contribution in [2.45, 2.75) is 41.4 Å². The van der Waals surface area contributed by atoms with Crippen LogP contribution in [0.1, 0.15) is 36.0 Å². The Morgan fingerprint density at radius 2 is 1.77 bits per heavy atom. The summed E-state index contributed by atoms with van der Waals surface area (Å²) in [4.78, 5) is 13.3. The first-order chi connectivity index (χ1) is 14.7. The first-order valence-electron chi connectivity index (χ1n) is 10.1. The Morgan fingerprint density at radius 3 is 2.35 bits per heavy atom. The van der Waals surface area contributed by atoms with Gasteiger partial charge in [-0.15, -0.1) is 11.8 Å². The van der Waals surface area contributed by atoms with Crippen LogP contribution < -0.4 is 11.1 Å². The highest BCUT2D eigenvalue weighted by Gasteiger charge is 2.52. The minimum atomic E-state index is -1.59. The molecule has 0 heterocycles. The molecule has 2 aliphatic rings. The van der Waals surface area contributed by atoms with Crippen LogP contribution in [0.25, 0.3) is 0 Å². The molecule has 3 unspecified atom stereocenters. The predicted octanol–water partition coefficient (Wildman–Crippen LogP) is 4.98. The number of benzene rings is 2. The molecule has 9 heteroatoms. The monoisotopic (exact) mass is 470 g/mol. The van der Waals surface area contributed by atoms with E-state index < -0.39 is 29.0 Å². The summed E-state index contributed by atoms with van der Waals surface area (Å²) in [5.74, 6) is -4.64. The summed E-state index contributed by atoms with van der Waals surface area (Å²) in [6, 6.07) is 6.18. The van der Waals surface area contributed by atoms with Crippen LogP contribution in [0.3, 0.4) is 0 Å². The van der Waals surface area contributed by atoms with Gasteiger partial charge in [0.05, 0.1) is 10.6 Å². The number of anilines is 1. The molecule has 0 aromatic heterocycles. The van der Waals surface area contributed by atoms with Crippen LogP contribution in [-0.4, -0.2) is 28.4 Å². The molecule has 2 aliphatic carbocycles. The molecule has 1 amide bonds. The maximum absolute atomic E-state index is 13.4. The first-order valence-corrected chi connectivity index (χ1v) is 11.3. The molecule has 0 saturated heterocycles. The lowest BCUT2D eigenvalue weighted by molar-refractivity contribution is -0.0492. The standard InChI is InChI=1S/C22H22ClF3N2O2S/c23-16-4-1-11(21(29)28-14-8-17(24)20(26)18(25)9-14)5-19(16)31-15-6-12-2-3-13(7-15)22(12,30)10-27/h1,4-5,8-9,12-13,15,30H,2-3,6-7,10,27H2,(H,28,29)/t12-,13?,15?,22?/m0/s1. The highest BCUT2D eigenvalue weighted by molar-refractivity contribution is 8.00. The van der Waals surface area contributed by atoms with E-state index in [0.717, 1.165) is 37.8 Å². The lowest BCUT2D eigenvalue weighted by Crippen LogP contribution is -2.51. The van der Waals surface area contributed by atoms with Crippen molar-refractivity contribution in [3.63, 3.8) is 0 Å². The van der Waals surface area contributed by atoms with Gasteiger partial charge in [0.25, 0.3) is 5.91 Å². The third-order valence-electron chi connectivity index (χ3n) is 6.43. The summed E-state index contributed by atoms with van der Waals surface area (Å²) >= 11 is 7.91. The molecule has 2 fully saturated rings. The molecule has 4 N–H and O–H groups in total. The summed E-state index contributed by atoms with van der Waals surface area (Å²) in [6.45, 7) is 0.265. The van der Waals surface area contributed by atoms with Crippen molar-refractivity contribution in [2.24, 2.45) is 17.6 Å². The minimum absolute atomic E-state index is 0.155. The fourth-order valence-electron chi connectivity index (χ4n) is 4.79. The van der Waals surface area contributed by atoms with Gasteiger partial charge in [0.15, 0.2) is 17.5 Å². The molecule has 4 rings (SSSR count). The molecular formula is C22H22ClF3N2O2S. The molecule has 2 aromatic rings. The van der Waals surface area contributed by atoms with Gasteiger partial charge in [0.1, 0.15) is 0 Å². The van der Waals surface area contributed by atoms with Gasteiger partial charge in [0, 0.05) is 40.1 Å². The molecule has 0 radical (unpaired) electrons. The zero-order valence-corrected chi connectivity index (χ0v) is 18.1. The zero-order valence-electron chi connectivity index (χ0n) is 16.5. The van der Waals surface area contributed by atoms with E-state index in [1.807, 2.05) is 0 Å². The normalized spacial score (nSPS) is 27.4. The van der Waals surface area contributed by atoms with Gasteiger partial charge in [-0.1, -0.05) is 11.6 Å². The van der Waals surface area contributed by atoms with Crippen molar-refractivity contribution in [3.05, 3.63) is 58.4 Å². The van der Waals surface area contributed by atoms with Crippen molar-refractivity contribution < 1.29 is 23.1 Å². The molecule has 4 atom stereocenters.